The van der Waals surface area contributed by atoms with E-state index in [0.717, 1.165) is 11.1 Å². The van der Waals surface area contributed by atoms with Crippen molar-refractivity contribution in [3.63, 3.8) is 0 Å². The highest BCUT2D eigenvalue weighted by Crippen LogP contribution is 2.60. The lowest BCUT2D eigenvalue weighted by Crippen LogP contribution is -2.44. The smallest absolute Gasteiger partial charge is 0.462 e. The fourth-order valence-corrected chi connectivity index (χ4v) is 7.81. The number of nitrogens with two attached hydrogens (primary N) is 1. The Hall–Kier alpha value is -4.78. The maximum Gasteiger partial charge on any atom is 0.462 e. The lowest BCUT2D eigenvalue weighted by Gasteiger charge is -2.36. The van der Waals surface area contributed by atoms with E-state index in [9.17, 15) is 19.5 Å². The van der Waals surface area contributed by atoms with Gasteiger partial charge in [-0.05, 0) is 42.0 Å². The van der Waals surface area contributed by atoms with Crippen molar-refractivity contribution in [3.05, 3.63) is 88.5 Å². The van der Waals surface area contributed by atoms with E-state index in [1.165, 1.54) is 11.0 Å². The van der Waals surface area contributed by atoms with Crippen molar-refractivity contribution < 1.29 is 33.0 Å². The quantitative estimate of drug-likeness (QED) is 0.0832. The van der Waals surface area contributed by atoms with E-state index >= 15 is 4.57 Å². The Morgan fingerprint density at radius 3 is 2.39 bits per heavy atom. The Labute approximate surface area is 296 Å². The number of nitrogens with zero attached hydrogens (tertiary/aromatic N) is 4. The van der Waals surface area contributed by atoms with Crippen LogP contribution in [0.5, 0.6) is 5.75 Å². The number of hydrogen-bond acceptors (Lipinski definition) is 10. The molecule has 0 aliphatic heterocycles. The number of anilines is 1. The van der Waals surface area contributed by atoms with Gasteiger partial charge in [-0.2, -0.15) is 9.65 Å². The van der Waals surface area contributed by atoms with E-state index in [1.54, 1.807) is 54.9 Å². The van der Waals surface area contributed by atoms with Gasteiger partial charge in [0.05, 0.1) is 17.9 Å². The number of esters is 1. The minimum absolute atomic E-state index is 0.0196. The van der Waals surface area contributed by atoms with Crippen molar-refractivity contribution in [2.75, 3.05) is 25.5 Å². The molecule has 3 atom stereocenters. The van der Waals surface area contributed by atoms with Crippen molar-refractivity contribution in [3.8, 4) is 5.75 Å². The molecule has 0 saturated heterocycles. The number of aliphatic carboxylic acids is 1. The average Bonchev–Trinajstić information content (AvgIpc) is 3.64. The van der Waals surface area contributed by atoms with E-state index in [-0.39, 0.29) is 55.0 Å². The maximum absolute atomic E-state index is 15.4. The number of H-pyrrole nitrogens is 1. The number of hydrogen-bond donors (Lipinski definition) is 3. The summed E-state index contributed by atoms with van der Waals surface area (Å²) in [5.41, 5.74) is 6.14. The molecule has 4 N–H and O–H groups in total. The highest BCUT2D eigenvalue weighted by atomic mass is 31.2. The molecule has 0 radical (unpaired) electrons. The molecule has 2 heterocycles. The molecule has 272 valence electrons. The first kappa shape index (κ1) is 37.5. The van der Waals surface area contributed by atoms with Crippen molar-refractivity contribution in [1.29, 1.82) is 0 Å². The number of ether oxygens (including phenoxy) is 1. The Kier molecular flexibility index (Phi) is 11.8. The number of carboxylic acid groups (broad SMARTS) is 1. The van der Waals surface area contributed by atoms with Gasteiger partial charge in [-0.15, -0.1) is 0 Å². The molecule has 1 aliphatic carbocycles. The van der Waals surface area contributed by atoms with Crippen LogP contribution in [0, 0.1) is 17.3 Å². The van der Waals surface area contributed by atoms with E-state index in [2.05, 4.69) is 15.0 Å². The number of carboxylic acids is 1. The Balaban J connectivity index is 1.55. The molecule has 0 amide bonds. The van der Waals surface area contributed by atoms with Crippen LogP contribution in [0.3, 0.4) is 0 Å². The fourth-order valence-electron chi connectivity index (χ4n) is 5.75. The Bertz CT molecular complexity index is 1960. The van der Waals surface area contributed by atoms with Gasteiger partial charge in [0.25, 0.3) is 5.56 Å². The fraction of sp³-hybridized carbons (Fsp3) is 0.417. The van der Waals surface area contributed by atoms with Crippen LogP contribution >= 0.6 is 7.75 Å². The molecule has 0 bridgehead atoms. The van der Waals surface area contributed by atoms with Crippen LogP contribution < -0.4 is 15.8 Å². The van der Waals surface area contributed by atoms with E-state index in [0.29, 0.717) is 19.3 Å². The zero-order chi connectivity index (χ0) is 36.8. The number of aromatic amines is 1. The highest BCUT2D eigenvalue weighted by Gasteiger charge is 2.54. The SMILES string of the molecule is CCC(CC)CN([C@@H](Cc1ccccc1)C(=O)O)P(=O)(OCC1(COC(=O)C(C)C)C/C1=C/n1cnc2c(=O)[nH]c(N)nc21)Oc1ccccc1. The first-order valence-corrected chi connectivity index (χ1v) is 18.5. The molecule has 1 saturated carbocycles. The molecule has 4 aromatic rings. The topological polar surface area (TPSA) is 192 Å². The Morgan fingerprint density at radius 1 is 1.10 bits per heavy atom. The number of fused-ring (bicyclic) bond motifs is 1. The first-order valence-electron chi connectivity index (χ1n) is 17.0. The van der Waals surface area contributed by atoms with Crippen molar-refractivity contribution in [2.45, 2.75) is 59.4 Å². The zero-order valence-corrected chi connectivity index (χ0v) is 30.1. The van der Waals surface area contributed by atoms with Gasteiger partial charge in [0.2, 0.25) is 5.95 Å². The number of aromatic nitrogens is 4. The van der Waals surface area contributed by atoms with Crippen LogP contribution in [0.15, 0.2) is 77.4 Å². The second kappa shape index (κ2) is 16.1. The third kappa shape index (κ3) is 8.94. The van der Waals surface area contributed by atoms with Crippen LogP contribution in [0.2, 0.25) is 0 Å². The van der Waals surface area contributed by atoms with Crippen molar-refractivity contribution in [1.82, 2.24) is 24.2 Å². The second-order valence-corrected chi connectivity index (χ2v) is 15.0. The van der Waals surface area contributed by atoms with Crippen LogP contribution in [0.1, 0.15) is 52.5 Å². The second-order valence-electron chi connectivity index (χ2n) is 13.1. The van der Waals surface area contributed by atoms with Gasteiger partial charge in [-0.25, -0.2) is 9.55 Å². The third-order valence-electron chi connectivity index (χ3n) is 9.09. The molecule has 51 heavy (non-hydrogen) atoms. The molecule has 14 nitrogen and oxygen atoms in total. The maximum atomic E-state index is 15.4. The number of nitrogen functional groups attached to an aromatic ring is 1. The summed E-state index contributed by atoms with van der Waals surface area (Å²) < 4.78 is 36.6. The largest absolute Gasteiger partial charge is 0.480 e. The lowest BCUT2D eigenvalue weighted by molar-refractivity contribution is -0.149. The standard InChI is InChI=1S/C36H45N6O8P/c1-5-25(6-2)19-42(29(33(44)45)17-26-13-9-7-10-14-26)51(47,50-28-15-11-8-12-16-28)49-22-36(21-48-34(46)24(3)4)18-27(36)20-41-23-38-30-31(41)39-35(37)40-32(30)43/h7-16,20,23-25,29H,5-6,17-19,21-22H2,1-4H3,(H,44,45)(H3,37,39,40,43)/b27-20-/t29-,36?,51?/m0/s1. The summed E-state index contributed by atoms with van der Waals surface area (Å²) in [5.74, 6) is -1.86. The summed E-state index contributed by atoms with van der Waals surface area (Å²) >= 11 is 0. The number of carbonyl (C=O) groups excluding carboxylic acids is 1. The molecular formula is C36H45N6O8P. The van der Waals surface area contributed by atoms with Crippen LogP contribution in [0.4, 0.5) is 5.95 Å². The average molecular weight is 721 g/mol. The van der Waals surface area contributed by atoms with E-state index in [4.69, 9.17) is 19.5 Å². The van der Waals surface area contributed by atoms with Crippen LogP contribution in [-0.2, 0) is 29.8 Å². The van der Waals surface area contributed by atoms with E-state index < -0.39 is 42.6 Å². The predicted octanol–water partition coefficient (Wildman–Crippen LogP) is 5.77. The third-order valence-corrected chi connectivity index (χ3v) is 11.1. The number of imidazole rings is 1. The van der Waals surface area contributed by atoms with Crippen molar-refractivity contribution >= 4 is 43.0 Å². The zero-order valence-electron chi connectivity index (χ0n) is 29.2. The summed E-state index contributed by atoms with van der Waals surface area (Å²) in [6.45, 7) is 7.21. The first-order chi connectivity index (χ1) is 24.4. The van der Waals surface area contributed by atoms with Gasteiger partial charge in [0.1, 0.15) is 24.7 Å². The minimum Gasteiger partial charge on any atom is -0.480 e. The van der Waals surface area contributed by atoms with E-state index in [1.807, 2.05) is 44.2 Å². The van der Waals surface area contributed by atoms with Crippen molar-refractivity contribution in [2.24, 2.45) is 17.3 Å². The lowest BCUT2D eigenvalue weighted by atomic mass is 10.0. The number of carbonyl (C=O) groups is 2. The van der Waals surface area contributed by atoms with Gasteiger partial charge >= 0.3 is 19.7 Å². The summed E-state index contributed by atoms with van der Waals surface area (Å²) in [6, 6.07) is 16.4. The van der Waals surface area contributed by atoms with Gasteiger partial charge in [0.15, 0.2) is 11.2 Å². The number of nitrogens with one attached hydrogen (secondary N) is 1. The molecular weight excluding hydrogens is 675 g/mol. The van der Waals surface area contributed by atoms with Crippen LogP contribution in [0.25, 0.3) is 17.4 Å². The predicted molar refractivity (Wildman–Crippen MR) is 193 cm³/mol. The monoisotopic (exact) mass is 720 g/mol. The summed E-state index contributed by atoms with van der Waals surface area (Å²) in [5, 5.41) is 10.7. The number of para-hydroxylation sites is 1. The minimum atomic E-state index is -4.46. The summed E-state index contributed by atoms with van der Waals surface area (Å²) in [4.78, 5) is 48.9. The molecule has 5 rings (SSSR count). The molecule has 1 fully saturated rings. The number of rotatable bonds is 18. The molecule has 1 aliphatic rings. The van der Waals surface area contributed by atoms with Gasteiger partial charge < -0.3 is 20.1 Å². The summed E-state index contributed by atoms with van der Waals surface area (Å²) in [6.07, 6.45) is 4.95. The number of benzene rings is 2. The molecule has 15 heteroatoms. The highest BCUT2D eigenvalue weighted by molar-refractivity contribution is 7.51. The molecule has 2 unspecified atom stereocenters. The molecule has 0 spiro atoms. The normalized spacial score (nSPS) is 18.3. The summed E-state index contributed by atoms with van der Waals surface area (Å²) in [7, 11) is -4.46. The molecule has 2 aromatic heterocycles. The van der Waals surface area contributed by atoms with Gasteiger partial charge in [-0.3, -0.25) is 28.5 Å². The molecule has 2 aromatic carbocycles. The Morgan fingerprint density at radius 2 is 1.76 bits per heavy atom. The van der Waals surface area contributed by atoms with Crippen LogP contribution in [-0.4, -0.2) is 67.0 Å². The van der Waals surface area contributed by atoms with Gasteiger partial charge in [-0.1, -0.05) is 89.1 Å². The van der Waals surface area contributed by atoms with Gasteiger partial charge in [0, 0.05) is 12.7 Å².